The van der Waals surface area contributed by atoms with Crippen LogP contribution in [0.1, 0.15) is 29.8 Å². The van der Waals surface area contributed by atoms with Crippen LogP contribution in [-0.2, 0) is 7.05 Å². The summed E-state index contributed by atoms with van der Waals surface area (Å²) < 4.78 is 31.2. The summed E-state index contributed by atoms with van der Waals surface area (Å²) in [4.78, 5) is 21.7. The van der Waals surface area contributed by atoms with Crippen LogP contribution in [0.15, 0.2) is 55.0 Å². The molecule has 4 heterocycles. The summed E-state index contributed by atoms with van der Waals surface area (Å²) in [5, 5.41) is 31.2. The van der Waals surface area contributed by atoms with Crippen LogP contribution in [0.5, 0.6) is 0 Å². The van der Waals surface area contributed by atoms with Crippen LogP contribution < -0.4 is 10.6 Å². The maximum absolute atomic E-state index is 14.2. The van der Waals surface area contributed by atoms with Gasteiger partial charge in [0.2, 0.25) is 0 Å². The molecule has 1 amide bonds. The zero-order valence-electron chi connectivity index (χ0n) is 21.7. The average Bonchev–Trinajstić information content (AvgIpc) is 3.57. The minimum Gasteiger partial charge on any atom is -0.355 e. The molecule has 0 aliphatic rings. The molecule has 5 aromatic rings. The normalized spacial score (nSPS) is 12.2. The third kappa shape index (κ3) is 5.30. The smallest absolute Gasteiger partial charge is 0.255 e. The van der Waals surface area contributed by atoms with E-state index < -0.39 is 24.3 Å². The highest BCUT2D eigenvalue weighted by molar-refractivity contribution is 6.00. The van der Waals surface area contributed by atoms with Crippen molar-refractivity contribution in [1.82, 2.24) is 45.3 Å². The number of nitrogens with zero attached hydrogens (tertiary/aromatic N) is 9. The molecule has 40 heavy (non-hydrogen) atoms. The van der Waals surface area contributed by atoms with E-state index in [2.05, 4.69) is 41.2 Å². The number of carbonyl (C=O) groups is 1. The number of hydrogen-bond donors (Lipinski definition) is 2. The first-order valence-corrected chi connectivity index (χ1v) is 12.1. The molecule has 0 radical (unpaired) electrons. The summed E-state index contributed by atoms with van der Waals surface area (Å²) >= 11 is 0. The molecule has 14 heteroatoms. The third-order valence-electron chi connectivity index (χ3n) is 6.12. The summed E-state index contributed by atoms with van der Waals surface area (Å²) in [6.45, 7) is 1.70. The van der Waals surface area contributed by atoms with Gasteiger partial charge in [-0.1, -0.05) is 0 Å². The molecule has 5 rings (SSSR count). The predicted octanol–water partition coefficient (Wildman–Crippen LogP) is 3.44. The Hall–Kier alpha value is -5.32. The SMILES string of the molecule is Cn1nnnc1-c1ccc(Nc2cc(-n3ncc4cc(C#N)cnc43)ncc2C(=O)NC[C@@H](F)C(C)(C)F)cc1. The van der Waals surface area contributed by atoms with E-state index in [-0.39, 0.29) is 5.56 Å². The molecule has 0 saturated carbocycles. The van der Waals surface area contributed by atoms with Crippen molar-refractivity contribution in [3.63, 3.8) is 0 Å². The van der Waals surface area contributed by atoms with Crippen molar-refractivity contribution in [3.8, 4) is 23.3 Å². The van der Waals surface area contributed by atoms with Crippen molar-refractivity contribution < 1.29 is 13.6 Å². The van der Waals surface area contributed by atoms with Gasteiger partial charge in [-0.3, -0.25) is 4.79 Å². The zero-order chi connectivity index (χ0) is 28.4. The van der Waals surface area contributed by atoms with E-state index in [1.165, 1.54) is 17.1 Å². The summed E-state index contributed by atoms with van der Waals surface area (Å²) in [7, 11) is 1.73. The van der Waals surface area contributed by atoms with Gasteiger partial charge in [-0.15, -0.1) is 5.10 Å². The highest BCUT2D eigenvalue weighted by Crippen LogP contribution is 2.26. The molecule has 0 bridgehead atoms. The Labute approximate surface area is 226 Å². The van der Waals surface area contributed by atoms with Gasteiger partial charge in [-0.2, -0.15) is 15.0 Å². The first-order chi connectivity index (χ1) is 19.1. The van der Waals surface area contributed by atoms with E-state index in [1.807, 2.05) is 18.2 Å². The van der Waals surface area contributed by atoms with Crippen molar-refractivity contribution in [3.05, 3.63) is 66.1 Å². The molecule has 0 saturated heterocycles. The Morgan fingerprint density at radius 3 is 2.60 bits per heavy atom. The van der Waals surface area contributed by atoms with Crippen LogP contribution in [0.25, 0.3) is 28.2 Å². The number of benzene rings is 1. The van der Waals surface area contributed by atoms with Gasteiger partial charge in [0.1, 0.15) is 11.7 Å². The van der Waals surface area contributed by atoms with Crippen LogP contribution >= 0.6 is 0 Å². The second-order valence-electron chi connectivity index (χ2n) is 9.46. The van der Waals surface area contributed by atoms with Crippen molar-refractivity contribution in [2.45, 2.75) is 25.7 Å². The van der Waals surface area contributed by atoms with E-state index in [9.17, 15) is 13.6 Å². The van der Waals surface area contributed by atoms with E-state index in [0.29, 0.717) is 39.6 Å². The number of aromatic nitrogens is 8. The number of hydrogen-bond acceptors (Lipinski definition) is 9. The molecular formula is C26H23F2N11O. The number of anilines is 2. The van der Waals surface area contributed by atoms with Crippen LogP contribution in [-0.4, -0.2) is 64.2 Å². The number of halogens is 2. The highest BCUT2D eigenvalue weighted by atomic mass is 19.2. The molecule has 12 nitrogen and oxygen atoms in total. The monoisotopic (exact) mass is 543 g/mol. The van der Waals surface area contributed by atoms with E-state index in [4.69, 9.17) is 5.26 Å². The summed E-state index contributed by atoms with van der Waals surface area (Å²) in [5.41, 5.74) is 0.573. The fourth-order valence-electron chi connectivity index (χ4n) is 3.85. The largest absolute Gasteiger partial charge is 0.355 e. The minimum absolute atomic E-state index is 0.102. The molecule has 0 unspecified atom stereocenters. The van der Waals surface area contributed by atoms with Gasteiger partial charge in [0.15, 0.2) is 23.5 Å². The topological polar surface area (TPSA) is 152 Å². The van der Waals surface area contributed by atoms with Crippen LogP contribution in [0.4, 0.5) is 20.2 Å². The molecule has 202 valence electrons. The number of amides is 1. The molecule has 0 aliphatic heterocycles. The first kappa shape index (κ1) is 26.3. The maximum Gasteiger partial charge on any atom is 0.255 e. The number of nitriles is 1. The molecule has 0 fully saturated rings. The standard InChI is InChI=1S/C26H23F2N11O/c1-26(2,28)21(27)14-32-25(40)19-13-30-22(39-23-17(12-33-39)8-15(10-29)11-31-23)9-20(19)34-18-6-4-16(5-7-18)24-35-36-37-38(24)3/h4-9,11-13,21H,14H2,1-3H3,(H,30,34)(H,32,40)/t21-/m1/s1. The Morgan fingerprint density at radius 2 is 1.93 bits per heavy atom. The Balaban J connectivity index is 1.49. The Bertz CT molecular complexity index is 1730. The molecular weight excluding hydrogens is 520 g/mol. The van der Waals surface area contributed by atoms with Gasteiger partial charge >= 0.3 is 0 Å². The maximum atomic E-state index is 14.2. The fraction of sp³-hybridized carbons (Fsp3) is 0.231. The van der Waals surface area contributed by atoms with Crippen molar-refractivity contribution in [2.24, 2.45) is 7.05 Å². The summed E-state index contributed by atoms with van der Waals surface area (Å²) in [6, 6.07) is 12.5. The molecule has 1 atom stereocenters. The highest BCUT2D eigenvalue weighted by Gasteiger charge is 2.29. The van der Waals surface area contributed by atoms with E-state index in [0.717, 1.165) is 19.4 Å². The summed E-state index contributed by atoms with van der Waals surface area (Å²) in [6.07, 6.45) is 2.40. The van der Waals surface area contributed by atoms with Gasteiger partial charge < -0.3 is 10.6 Å². The van der Waals surface area contributed by atoms with E-state index >= 15 is 0 Å². The van der Waals surface area contributed by atoms with Crippen molar-refractivity contribution in [1.29, 1.82) is 5.26 Å². The number of nitrogens with one attached hydrogen (secondary N) is 2. The second-order valence-corrected chi connectivity index (χ2v) is 9.46. The van der Waals surface area contributed by atoms with Crippen molar-refractivity contribution >= 4 is 28.3 Å². The molecule has 0 aliphatic carbocycles. The number of pyridine rings is 2. The average molecular weight is 544 g/mol. The molecule has 2 N–H and O–H groups in total. The van der Waals surface area contributed by atoms with Gasteiger partial charge in [-0.25, -0.2) is 23.4 Å². The van der Waals surface area contributed by atoms with Crippen LogP contribution in [0.3, 0.4) is 0 Å². The lowest BCUT2D eigenvalue weighted by Crippen LogP contribution is -2.39. The number of alkyl halides is 2. The number of carbonyl (C=O) groups excluding carboxylic acids is 1. The Kier molecular flexibility index (Phi) is 6.87. The lowest BCUT2D eigenvalue weighted by atomic mass is 10.1. The molecule has 4 aromatic heterocycles. The summed E-state index contributed by atoms with van der Waals surface area (Å²) in [5.74, 6) is 0.269. The van der Waals surface area contributed by atoms with Gasteiger partial charge in [-0.05, 0) is 54.6 Å². The third-order valence-corrected chi connectivity index (χ3v) is 6.12. The molecule has 0 spiro atoms. The molecule has 1 aromatic carbocycles. The van der Waals surface area contributed by atoms with Crippen molar-refractivity contribution in [2.75, 3.05) is 11.9 Å². The van der Waals surface area contributed by atoms with Gasteiger partial charge in [0, 0.05) is 42.1 Å². The van der Waals surface area contributed by atoms with Crippen LogP contribution in [0.2, 0.25) is 0 Å². The fourth-order valence-corrected chi connectivity index (χ4v) is 3.85. The van der Waals surface area contributed by atoms with Gasteiger partial charge in [0.05, 0.1) is 29.6 Å². The van der Waals surface area contributed by atoms with Gasteiger partial charge in [0.25, 0.3) is 5.91 Å². The number of tetrazole rings is 1. The quantitative estimate of drug-likeness (QED) is 0.300. The number of fused-ring (bicyclic) bond motifs is 1. The first-order valence-electron chi connectivity index (χ1n) is 12.1. The lowest BCUT2D eigenvalue weighted by Gasteiger charge is -2.20. The second kappa shape index (κ2) is 10.4. The number of aryl methyl sites for hydroxylation is 1. The predicted molar refractivity (Wildman–Crippen MR) is 141 cm³/mol. The minimum atomic E-state index is -2.12. The van der Waals surface area contributed by atoms with Crippen LogP contribution in [0, 0.1) is 11.3 Å². The van der Waals surface area contributed by atoms with E-state index in [1.54, 1.807) is 42.2 Å². The lowest BCUT2D eigenvalue weighted by molar-refractivity contribution is 0.0759. The number of rotatable bonds is 8. The zero-order valence-corrected chi connectivity index (χ0v) is 21.7. The Morgan fingerprint density at radius 1 is 1.15 bits per heavy atom.